The fraction of sp³-hybridized carbons (Fsp3) is 0.364. The molecule has 0 heterocycles. The molecule has 0 amide bonds. The highest BCUT2D eigenvalue weighted by molar-refractivity contribution is 7.98. The molecule has 0 aromatic heterocycles. The second kappa shape index (κ2) is 5.27. The van der Waals surface area contributed by atoms with Crippen molar-refractivity contribution in [1.82, 2.24) is 0 Å². The van der Waals surface area contributed by atoms with Crippen molar-refractivity contribution in [1.29, 1.82) is 0 Å². The summed E-state index contributed by atoms with van der Waals surface area (Å²) in [4.78, 5) is 11.8. The van der Waals surface area contributed by atoms with Gasteiger partial charge in [-0.1, -0.05) is 12.1 Å². The largest absolute Gasteiger partial charge is 0.460 e. The van der Waals surface area contributed by atoms with Gasteiger partial charge in [0.25, 0.3) is 0 Å². The van der Waals surface area contributed by atoms with Gasteiger partial charge in [0.2, 0.25) is 5.78 Å². The fourth-order valence-corrected chi connectivity index (χ4v) is 1.65. The fourth-order valence-electron chi connectivity index (χ4n) is 1.24. The Bertz CT molecular complexity index is 492. The Balaban J connectivity index is 3.17. The van der Waals surface area contributed by atoms with Crippen molar-refractivity contribution in [2.24, 2.45) is 0 Å². The average Bonchev–Trinajstić information content (AvgIpc) is 2.36. The van der Waals surface area contributed by atoms with Gasteiger partial charge in [0.1, 0.15) is 0 Å². The predicted octanol–water partition coefficient (Wildman–Crippen LogP) is 4.42. The summed E-state index contributed by atoms with van der Waals surface area (Å²) in [7, 11) is 0. The number of thioether (sulfide) groups is 1. The second-order valence-corrected chi connectivity index (χ2v) is 4.58. The monoisotopic (exact) mass is 320 g/mol. The van der Waals surface area contributed by atoms with Crippen LogP contribution in [0, 0.1) is 0 Å². The van der Waals surface area contributed by atoms with Crippen LogP contribution in [0.3, 0.4) is 0 Å². The number of halogens is 7. The Morgan fingerprint density at radius 3 is 1.75 bits per heavy atom. The standard InChI is InChI=1S/C11H7F7OS/c1-20-7-4-2-6(3-5-7)8(19)9(12,13)10(14,15)11(16,17)18/h2-5H,1H3. The van der Waals surface area contributed by atoms with E-state index >= 15 is 0 Å². The lowest BCUT2D eigenvalue weighted by Crippen LogP contribution is -2.56. The van der Waals surface area contributed by atoms with Crippen LogP contribution in [0.4, 0.5) is 30.7 Å². The minimum absolute atomic E-state index is 0.535. The molecule has 0 atom stereocenters. The van der Waals surface area contributed by atoms with Gasteiger partial charge < -0.3 is 0 Å². The summed E-state index contributed by atoms with van der Waals surface area (Å²) in [6.07, 6.45) is -4.89. The number of carbonyl (C=O) groups is 1. The summed E-state index contributed by atoms with van der Waals surface area (Å²) >= 11 is 1.18. The first-order valence-corrected chi connectivity index (χ1v) is 6.19. The number of hydrogen-bond donors (Lipinski definition) is 0. The molecule has 20 heavy (non-hydrogen) atoms. The Morgan fingerprint density at radius 2 is 1.40 bits per heavy atom. The number of hydrogen-bond acceptors (Lipinski definition) is 2. The van der Waals surface area contributed by atoms with Crippen molar-refractivity contribution in [3.05, 3.63) is 29.8 Å². The molecule has 0 N–H and O–H groups in total. The quantitative estimate of drug-likeness (QED) is 0.464. The molecule has 0 radical (unpaired) electrons. The van der Waals surface area contributed by atoms with Crippen molar-refractivity contribution in [3.63, 3.8) is 0 Å². The van der Waals surface area contributed by atoms with Gasteiger partial charge in [-0.05, 0) is 18.4 Å². The Hall–Kier alpha value is -1.25. The maximum Gasteiger partial charge on any atom is 0.460 e. The smallest absolute Gasteiger partial charge is 0.287 e. The molecule has 0 aliphatic heterocycles. The van der Waals surface area contributed by atoms with Crippen molar-refractivity contribution in [2.45, 2.75) is 22.9 Å². The van der Waals surface area contributed by atoms with Gasteiger partial charge in [-0.2, -0.15) is 30.7 Å². The summed E-state index contributed by atoms with van der Waals surface area (Å²) in [6.45, 7) is 0. The first kappa shape index (κ1) is 16.8. The van der Waals surface area contributed by atoms with E-state index in [1.54, 1.807) is 6.26 Å². The third-order valence-corrected chi connectivity index (χ3v) is 3.13. The molecular weight excluding hydrogens is 313 g/mol. The van der Waals surface area contributed by atoms with Gasteiger partial charge in [-0.25, -0.2) is 0 Å². The number of ketones is 1. The van der Waals surface area contributed by atoms with Crippen LogP contribution >= 0.6 is 11.8 Å². The number of Topliss-reactive ketones (excluding diaryl/α,β-unsaturated/α-hetero) is 1. The maximum atomic E-state index is 13.1. The molecule has 0 unspecified atom stereocenters. The van der Waals surface area contributed by atoms with E-state index in [9.17, 15) is 35.5 Å². The van der Waals surface area contributed by atoms with Crippen LogP contribution in [0.2, 0.25) is 0 Å². The highest BCUT2D eigenvalue weighted by Crippen LogP contribution is 2.47. The van der Waals surface area contributed by atoms with E-state index in [1.165, 1.54) is 23.9 Å². The van der Waals surface area contributed by atoms with Gasteiger partial charge in [-0.15, -0.1) is 11.8 Å². The molecule has 0 aliphatic carbocycles. The minimum atomic E-state index is -6.52. The summed E-state index contributed by atoms with van der Waals surface area (Å²) in [6, 6.07) is 3.88. The third kappa shape index (κ3) is 2.77. The average molecular weight is 320 g/mol. The van der Waals surface area contributed by atoms with Gasteiger partial charge in [0.05, 0.1) is 0 Å². The molecule has 1 nitrogen and oxygen atoms in total. The first-order chi connectivity index (χ1) is 8.95. The third-order valence-electron chi connectivity index (χ3n) is 2.39. The molecule has 0 saturated carbocycles. The number of rotatable bonds is 4. The van der Waals surface area contributed by atoms with E-state index in [4.69, 9.17) is 0 Å². The summed E-state index contributed by atoms with van der Waals surface area (Å²) in [5.74, 6) is -14.9. The second-order valence-electron chi connectivity index (χ2n) is 3.70. The van der Waals surface area contributed by atoms with Crippen molar-refractivity contribution in [3.8, 4) is 0 Å². The Morgan fingerprint density at radius 1 is 0.950 bits per heavy atom. The Kier molecular flexibility index (Phi) is 4.42. The molecule has 1 aromatic rings. The van der Waals surface area contributed by atoms with Crippen molar-refractivity contribution >= 4 is 17.5 Å². The summed E-state index contributed by atoms with van der Waals surface area (Å²) in [5.41, 5.74) is -0.920. The van der Waals surface area contributed by atoms with E-state index in [-0.39, 0.29) is 0 Å². The highest BCUT2D eigenvalue weighted by Gasteiger charge is 2.76. The Labute approximate surface area is 113 Å². The van der Waals surface area contributed by atoms with Gasteiger partial charge in [0.15, 0.2) is 0 Å². The summed E-state index contributed by atoms with van der Waals surface area (Å²) in [5, 5.41) is 0. The zero-order valence-corrected chi connectivity index (χ0v) is 10.6. The zero-order valence-electron chi connectivity index (χ0n) is 9.77. The molecule has 1 aromatic carbocycles. The normalized spacial score (nSPS) is 13.4. The molecule has 0 bridgehead atoms. The maximum absolute atomic E-state index is 13.1. The van der Waals surface area contributed by atoms with Crippen LogP contribution in [-0.4, -0.2) is 30.1 Å². The van der Waals surface area contributed by atoms with E-state index in [0.717, 1.165) is 12.1 Å². The van der Waals surface area contributed by atoms with Gasteiger partial charge in [-0.3, -0.25) is 4.79 Å². The van der Waals surface area contributed by atoms with Crippen LogP contribution in [0.15, 0.2) is 29.2 Å². The number of benzene rings is 1. The number of alkyl halides is 7. The predicted molar refractivity (Wildman–Crippen MR) is 58.5 cm³/mol. The van der Waals surface area contributed by atoms with E-state index in [2.05, 4.69) is 0 Å². The van der Waals surface area contributed by atoms with E-state index in [0.29, 0.717) is 4.90 Å². The molecule has 0 fully saturated rings. The molecule has 112 valence electrons. The van der Waals surface area contributed by atoms with Crippen LogP contribution in [-0.2, 0) is 0 Å². The number of carbonyl (C=O) groups excluding carboxylic acids is 1. The van der Waals surface area contributed by atoms with Crippen LogP contribution < -0.4 is 0 Å². The lowest BCUT2D eigenvalue weighted by molar-refractivity contribution is -0.339. The molecule has 0 spiro atoms. The molecule has 0 aliphatic rings. The SMILES string of the molecule is CSc1ccc(C(=O)C(F)(F)C(F)(F)C(F)(F)F)cc1. The molecular formula is C11H7F7OS. The van der Waals surface area contributed by atoms with Crippen LogP contribution in [0.1, 0.15) is 10.4 Å². The highest BCUT2D eigenvalue weighted by atomic mass is 32.2. The first-order valence-electron chi connectivity index (χ1n) is 4.96. The van der Waals surface area contributed by atoms with Crippen molar-refractivity contribution in [2.75, 3.05) is 6.26 Å². The van der Waals surface area contributed by atoms with E-state index < -0.39 is 29.4 Å². The minimum Gasteiger partial charge on any atom is -0.287 e. The van der Waals surface area contributed by atoms with Crippen molar-refractivity contribution < 1.29 is 35.5 Å². The zero-order chi connectivity index (χ0) is 15.8. The molecule has 0 saturated heterocycles. The van der Waals surface area contributed by atoms with Crippen LogP contribution in [0.25, 0.3) is 0 Å². The van der Waals surface area contributed by atoms with Gasteiger partial charge in [0, 0.05) is 10.5 Å². The van der Waals surface area contributed by atoms with Gasteiger partial charge >= 0.3 is 18.0 Å². The lowest BCUT2D eigenvalue weighted by Gasteiger charge is -2.27. The summed E-state index contributed by atoms with van der Waals surface area (Å²) < 4.78 is 87.5. The lowest BCUT2D eigenvalue weighted by atomic mass is 10.00. The van der Waals surface area contributed by atoms with E-state index in [1.807, 2.05) is 0 Å². The molecule has 1 rings (SSSR count). The topological polar surface area (TPSA) is 17.1 Å². The van der Waals surface area contributed by atoms with Crippen LogP contribution in [0.5, 0.6) is 0 Å². The molecule has 9 heteroatoms.